The number of aryl methyl sites for hydroxylation is 1. The minimum Gasteiger partial charge on any atom is -0.375 e. The van der Waals surface area contributed by atoms with E-state index < -0.39 is 0 Å². The predicted octanol–water partition coefficient (Wildman–Crippen LogP) is 1.78. The third-order valence-electron chi connectivity index (χ3n) is 2.44. The maximum Gasteiger partial charge on any atom is 0.287 e. The third kappa shape index (κ3) is 2.93. The largest absolute Gasteiger partial charge is 0.375 e. The van der Waals surface area contributed by atoms with Crippen molar-refractivity contribution < 1.29 is 4.52 Å². The molecule has 102 valence electrons. The Labute approximate surface area is 114 Å². The summed E-state index contributed by atoms with van der Waals surface area (Å²) in [6, 6.07) is -0.0427. The van der Waals surface area contributed by atoms with Crippen LogP contribution < -0.4 is 10.9 Å². The number of anilines is 1. The van der Waals surface area contributed by atoms with E-state index in [2.05, 4.69) is 20.6 Å². The molecular weight excluding hydrogens is 270 g/mol. The van der Waals surface area contributed by atoms with Crippen LogP contribution in [0.1, 0.15) is 31.6 Å². The Morgan fingerprint density at radius 2 is 2.26 bits per heavy atom. The lowest BCUT2D eigenvalue weighted by molar-refractivity contribution is 0.388. The fraction of sp³-hybridized carbons (Fsp3) is 0.455. The number of nitrogens with one attached hydrogen (secondary N) is 1. The Morgan fingerprint density at radius 1 is 1.53 bits per heavy atom. The van der Waals surface area contributed by atoms with Gasteiger partial charge in [-0.1, -0.05) is 16.8 Å². The van der Waals surface area contributed by atoms with Gasteiger partial charge in [0.2, 0.25) is 5.89 Å². The fourth-order valence-corrected chi connectivity index (χ4v) is 1.73. The highest BCUT2D eigenvalue weighted by Crippen LogP contribution is 2.16. The van der Waals surface area contributed by atoms with E-state index in [1.165, 1.54) is 10.9 Å². The fourth-order valence-electron chi connectivity index (χ4n) is 1.52. The topological polar surface area (TPSA) is 85.8 Å². The van der Waals surface area contributed by atoms with E-state index in [1.807, 2.05) is 13.8 Å². The van der Waals surface area contributed by atoms with Crippen molar-refractivity contribution in [3.63, 3.8) is 0 Å². The van der Waals surface area contributed by atoms with Gasteiger partial charge in [-0.3, -0.25) is 4.79 Å². The first-order valence-corrected chi connectivity index (χ1v) is 6.17. The molecule has 0 fully saturated rings. The van der Waals surface area contributed by atoms with E-state index in [-0.39, 0.29) is 16.6 Å². The first-order valence-electron chi connectivity index (χ1n) is 5.79. The smallest absolute Gasteiger partial charge is 0.287 e. The lowest BCUT2D eigenvalue weighted by Gasteiger charge is -2.11. The lowest BCUT2D eigenvalue weighted by Crippen LogP contribution is -2.25. The molecule has 1 N–H and O–H groups in total. The van der Waals surface area contributed by atoms with Gasteiger partial charge in [-0.25, -0.2) is 4.68 Å². The molecule has 0 bridgehead atoms. The zero-order valence-electron chi connectivity index (χ0n) is 10.8. The number of aromatic nitrogens is 4. The monoisotopic (exact) mass is 283 g/mol. The van der Waals surface area contributed by atoms with Crippen molar-refractivity contribution in [2.45, 2.75) is 33.4 Å². The second-order valence-electron chi connectivity index (χ2n) is 4.30. The van der Waals surface area contributed by atoms with Crippen molar-refractivity contribution in [1.29, 1.82) is 0 Å². The molecule has 2 heterocycles. The van der Waals surface area contributed by atoms with Crippen LogP contribution >= 0.6 is 11.6 Å². The summed E-state index contributed by atoms with van der Waals surface area (Å²) in [5.74, 6) is 0.970. The molecule has 0 atom stereocenters. The van der Waals surface area contributed by atoms with Crippen molar-refractivity contribution in [2.24, 2.45) is 0 Å². The highest BCUT2D eigenvalue weighted by Gasteiger charge is 2.11. The summed E-state index contributed by atoms with van der Waals surface area (Å²) in [7, 11) is 0. The van der Waals surface area contributed by atoms with Crippen LogP contribution in [-0.4, -0.2) is 19.9 Å². The zero-order chi connectivity index (χ0) is 14.0. The summed E-state index contributed by atoms with van der Waals surface area (Å²) in [5, 5.41) is 10.8. The maximum atomic E-state index is 11.9. The van der Waals surface area contributed by atoms with Gasteiger partial charge >= 0.3 is 0 Å². The quantitative estimate of drug-likeness (QED) is 0.920. The van der Waals surface area contributed by atoms with Crippen LogP contribution in [-0.2, 0) is 6.54 Å². The van der Waals surface area contributed by atoms with E-state index >= 15 is 0 Å². The Bertz CT molecular complexity index is 634. The number of rotatable bonds is 4. The van der Waals surface area contributed by atoms with Crippen LogP contribution in [0, 0.1) is 6.92 Å². The third-order valence-corrected chi connectivity index (χ3v) is 2.80. The standard InChI is InChI=1S/C11H14ClN5O2/c1-6(2)17-11(18)10(12)8(4-14-17)13-5-9-15-7(3)19-16-9/h4,6,13H,5H2,1-3H3. The number of halogens is 1. The molecule has 2 aromatic heterocycles. The average Bonchev–Trinajstić information content (AvgIpc) is 2.76. The molecule has 19 heavy (non-hydrogen) atoms. The van der Waals surface area contributed by atoms with Crippen LogP contribution in [0.3, 0.4) is 0 Å². The van der Waals surface area contributed by atoms with Crippen molar-refractivity contribution in [3.8, 4) is 0 Å². The van der Waals surface area contributed by atoms with Crippen LogP contribution in [0.25, 0.3) is 0 Å². The van der Waals surface area contributed by atoms with E-state index in [9.17, 15) is 4.79 Å². The molecule has 0 aliphatic heterocycles. The van der Waals surface area contributed by atoms with E-state index in [0.29, 0.717) is 23.9 Å². The van der Waals surface area contributed by atoms with Gasteiger partial charge in [0, 0.05) is 6.92 Å². The zero-order valence-corrected chi connectivity index (χ0v) is 11.6. The number of hydrogen-bond acceptors (Lipinski definition) is 6. The van der Waals surface area contributed by atoms with E-state index in [1.54, 1.807) is 6.92 Å². The lowest BCUT2D eigenvalue weighted by atomic mass is 10.4. The minimum absolute atomic E-state index is 0.0427. The molecule has 0 radical (unpaired) electrons. The Kier molecular flexibility index (Phi) is 3.84. The van der Waals surface area contributed by atoms with Crippen LogP contribution in [0.15, 0.2) is 15.5 Å². The summed E-state index contributed by atoms with van der Waals surface area (Å²) in [4.78, 5) is 16.0. The molecular formula is C11H14ClN5O2. The van der Waals surface area contributed by atoms with Gasteiger partial charge in [-0.2, -0.15) is 10.1 Å². The second kappa shape index (κ2) is 5.40. The molecule has 2 rings (SSSR count). The first kappa shape index (κ1) is 13.5. The molecule has 0 unspecified atom stereocenters. The van der Waals surface area contributed by atoms with Crippen molar-refractivity contribution in [3.05, 3.63) is 33.3 Å². The van der Waals surface area contributed by atoms with Crippen molar-refractivity contribution >= 4 is 17.3 Å². The average molecular weight is 284 g/mol. The SMILES string of the molecule is Cc1nc(CNc2cnn(C(C)C)c(=O)c2Cl)no1. The van der Waals surface area contributed by atoms with Gasteiger partial charge in [-0.05, 0) is 13.8 Å². The maximum absolute atomic E-state index is 11.9. The van der Waals surface area contributed by atoms with Gasteiger partial charge in [-0.15, -0.1) is 0 Å². The summed E-state index contributed by atoms with van der Waals surface area (Å²) in [6.07, 6.45) is 1.51. The second-order valence-corrected chi connectivity index (χ2v) is 4.68. The highest BCUT2D eigenvalue weighted by atomic mass is 35.5. The molecule has 0 spiro atoms. The minimum atomic E-state index is -0.328. The molecule has 0 amide bonds. The summed E-state index contributed by atoms with van der Waals surface area (Å²) >= 11 is 6.01. The van der Waals surface area contributed by atoms with Gasteiger partial charge in [0.1, 0.15) is 5.02 Å². The number of hydrogen-bond donors (Lipinski definition) is 1. The Balaban J connectivity index is 2.18. The molecule has 0 saturated carbocycles. The van der Waals surface area contributed by atoms with Crippen molar-refractivity contribution in [2.75, 3.05) is 5.32 Å². The summed E-state index contributed by atoms with van der Waals surface area (Å²) in [5.41, 5.74) is 0.122. The highest BCUT2D eigenvalue weighted by molar-refractivity contribution is 6.32. The van der Waals surface area contributed by atoms with Gasteiger partial charge in [0.05, 0.1) is 24.5 Å². The molecule has 8 heteroatoms. The molecule has 0 saturated heterocycles. The van der Waals surface area contributed by atoms with Crippen LogP contribution in [0.5, 0.6) is 0 Å². The molecule has 0 aliphatic rings. The number of nitrogens with zero attached hydrogens (tertiary/aromatic N) is 4. The van der Waals surface area contributed by atoms with Crippen molar-refractivity contribution in [1.82, 2.24) is 19.9 Å². The van der Waals surface area contributed by atoms with E-state index in [4.69, 9.17) is 16.1 Å². The summed E-state index contributed by atoms with van der Waals surface area (Å²) in [6.45, 7) is 5.73. The van der Waals surface area contributed by atoms with Gasteiger partial charge in [0.15, 0.2) is 5.82 Å². The van der Waals surface area contributed by atoms with Gasteiger partial charge in [0.25, 0.3) is 5.56 Å². The molecule has 2 aromatic rings. The Morgan fingerprint density at radius 3 is 2.84 bits per heavy atom. The molecule has 0 aromatic carbocycles. The molecule has 7 nitrogen and oxygen atoms in total. The van der Waals surface area contributed by atoms with E-state index in [0.717, 1.165) is 0 Å². The molecule has 0 aliphatic carbocycles. The Hall–Kier alpha value is -1.89. The van der Waals surface area contributed by atoms with Gasteiger partial charge < -0.3 is 9.84 Å². The normalized spacial score (nSPS) is 11.0. The summed E-state index contributed by atoms with van der Waals surface area (Å²) < 4.78 is 6.17. The van der Waals surface area contributed by atoms with Crippen LogP contribution in [0.4, 0.5) is 5.69 Å². The first-order chi connectivity index (χ1) is 8.99. The predicted molar refractivity (Wildman–Crippen MR) is 70.3 cm³/mol. The van der Waals surface area contributed by atoms with Crippen LogP contribution in [0.2, 0.25) is 5.02 Å².